The van der Waals surface area contributed by atoms with Crippen LogP contribution in [0.2, 0.25) is 0 Å². The van der Waals surface area contributed by atoms with E-state index in [2.05, 4.69) is 0 Å². The third-order valence-corrected chi connectivity index (χ3v) is 3.68. The van der Waals surface area contributed by atoms with E-state index in [0.717, 1.165) is 19.3 Å². The van der Waals surface area contributed by atoms with Gasteiger partial charge in [0.05, 0.1) is 7.11 Å². The third-order valence-electron chi connectivity index (χ3n) is 3.68. The summed E-state index contributed by atoms with van der Waals surface area (Å²) < 4.78 is 4.72. The van der Waals surface area contributed by atoms with Crippen LogP contribution in [-0.2, 0) is 14.3 Å². The largest absolute Gasteiger partial charge is 0.467 e. The van der Waals surface area contributed by atoms with E-state index in [0.29, 0.717) is 25.3 Å². The Labute approximate surface area is 101 Å². The van der Waals surface area contributed by atoms with Gasteiger partial charge in [-0.1, -0.05) is 0 Å². The van der Waals surface area contributed by atoms with E-state index in [-0.39, 0.29) is 24.0 Å². The van der Waals surface area contributed by atoms with Crippen LogP contribution < -0.4 is 5.73 Å². The van der Waals surface area contributed by atoms with Crippen LogP contribution in [0.3, 0.4) is 0 Å². The molecule has 0 radical (unpaired) electrons. The molecule has 1 saturated heterocycles. The predicted molar refractivity (Wildman–Crippen MR) is 62.1 cm³/mol. The molecule has 2 atom stereocenters. The molecule has 5 heteroatoms. The van der Waals surface area contributed by atoms with E-state index in [1.807, 2.05) is 0 Å². The second kappa shape index (κ2) is 5.04. The summed E-state index contributed by atoms with van der Waals surface area (Å²) in [5.74, 6) is 0.200. The van der Waals surface area contributed by atoms with Gasteiger partial charge in [0.15, 0.2) is 0 Å². The fraction of sp³-hybridized carbons (Fsp3) is 0.833. The molecular formula is C12H20N2O3. The van der Waals surface area contributed by atoms with Gasteiger partial charge in [0.25, 0.3) is 0 Å². The van der Waals surface area contributed by atoms with Crippen molar-refractivity contribution in [3.8, 4) is 0 Å². The van der Waals surface area contributed by atoms with Gasteiger partial charge in [0, 0.05) is 19.0 Å². The summed E-state index contributed by atoms with van der Waals surface area (Å²) in [4.78, 5) is 25.2. The highest BCUT2D eigenvalue weighted by atomic mass is 16.5. The van der Waals surface area contributed by atoms with Crippen molar-refractivity contribution in [2.45, 2.75) is 44.2 Å². The highest BCUT2D eigenvalue weighted by Crippen LogP contribution is 2.33. The zero-order valence-electron chi connectivity index (χ0n) is 10.2. The molecular weight excluding hydrogens is 220 g/mol. The number of esters is 1. The first-order valence-electron chi connectivity index (χ1n) is 6.26. The molecule has 96 valence electrons. The van der Waals surface area contributed by atoms with E-state index < -0.39 is 0 Å². The minimum Gasteiger partial charge on any atom is -0.467 e. The molecule has 2 aliphatic rings. The molecule has 1 saturated carbocycles. The Balaban J connectivity index is 1.90. The maximum atomic E-state index is 12.1. The lowest BCUT2D eigenvalue weighted by molar-refractivity contribution is -0.151. The van der Waals surface area contributed by atoms with Gasteiger partial charge < -0.3 is 15.4 Å². The van der Waals surface area contributed by atoms with Gasteiger partial charge in [-0.3, -0.25) is 4.79 Å². The van der Waals surface area contributed by atoms with Gasteiger partial charge >= 0.3 is 5.97 Å². The van der Waals surface area contributed by atoms with Gasteiger partial charge in [-0.2, -0.15) is 0 Å². The number of rotatable bonds is 4. The average Bonchev–Trinajstić information content (AvgIpc) is 3.05. The van der Waals surface area contributed by atoms with Crippen LogP contribution in [0.1, 0.15) is 32.1 Å². The molecule has 5 nitrogen and oxygen atoms in total. The van der Waals surface area contributed by atoms with Crippen molar-refractivity contribution in [2.24, 2.45) is 11.7 Å². The van der Waals surface area contributed by atoms with E-state index in [1.54, 1.807) is 4.90 Å². The summed E-state index contributed by atoms with van der Waals surface area (Å²) in [6, 6.07) is -0.430. The van der Waals surface area contributed by atoms with Gasteiger partial charge in [-0.25, -0.2) is 4.79 Å². The van der Waals surface area contributed by atoms with Crippen molar-refractivity contribution in [1.29, 1.82) is 0 Å². The second-order valence-electron chi connectivity index (χ2n) is 4.97. The molecule has 2 unspecified atom stereocenters. The van der Waals surface area contributed by atoms with Crippen LogP contribution in [0.15, 0.2) is 0 Å². The number of methoxy groups -OCH3 is 1. The Kier molecular flexibility index (Phi) is 3.66. The first-order valence-corrected chi connectivity index (χ1v) is 6.26. The minimum atomic E-state index is -0.390. The fourth-order valence-corrected chi connectivity index (χ4v) is 2.46. The Morgan fingerprint density at radius 1 is 1.41 bits per heavy atom. The van der Waals surface area contributed by atoms with Crippen LogP contribution in [0.25, 0.3) is 0 Å². The molecule has 1 aliphatic heterocycles. The number of amides is 1. The van der Waals surface area contributed by atoms with Gasteiger partial charge in [0.2, 0.25) is 5.91 Å². The molecule has 1 heterocycles. The van der Waals surface area contributed by atoms with Crippen molar-refractivity contribution in [2.75, 3.05) is 13.7 Å². The summed E-state index contributed by atoms with van der Waals surface area (Å²) in [7, 11) is 1.36. The highest BCUT2D eigenvalue weighted by molar-refractivity contribution is 5.85. The lowest BCUT2D eigenvalue weighted by Crippen LogP contribution is -2.43. The molecule has 2 rings (SSSR count). The number of carbonyl (C=O) groups excluding carboxylic acids is 2. The topological polar surface area (TPSA) is 72.6 Å². The van der Waals surface area contributed by atoms with Crippen molar-refractivity contribution in [1.82, 2.24) is 4.90 Å². The summed E-state index contributed by atoms with van der Waals surface area (Å²) in [5.41, 5.74) is 5.94. The number of hydrogen-bond donors (Lipinski definition) is 1. The SMILES string of the molecule is COC(=O)C1CCCN1C(=O)CC(N)C1CC1. The molecule has 17 heavy (non-hydrogen) atoms. The Morgan fingerprint density at radius 2 is 2.12 bits per heavy atom. The Hall–Kier alpha value is -1.10. The standard InChI is InChI=1S/C12H20N2O3/c1-17-12(16)10-3-2-6-14(10)11(15)7-9(13)8-4-5-8/h8-10H,2-7,13H2,1H3. The maximum Gasteiger partial charge on any atom is 0.328 e. The summed E-state index contributed by atoms with van der Waals surface area (Å²) in [6.45, 7) is 0.649. The Morgan fingerprint density at radius 3 is 2.71 bits per heavy atom. The number of nitrogens with zero attached hydrogens (tertiary/aromatic N) is 1. The number of hydrogen-bond acceptors (Lipinski definition) is 4. The zero-order valence-corrected chi connectivity index (χ0v) is 10.2. The van der Waals surface area contributed by atoms with Gasteiger partial charge in [0.1, 0.15) is 6.04 Å². The zero-order chi connectivity index (χ0) is 12.4. The minimum absolute atomic E-state index is 0.00250. The van der Waals surface area contributed by atoms with Crippen LogP contribution in [-0.4, -0.2) is 42.5 Å². The lowest BCUT2D eigenvalue weighted by Gasteiger charge is -2.24. The summed E-state index contributed by atoms with van der Waals surface area (Å²) in [5, 5.41) is 0. The smallest absolute Gasteiger partial charge is 0.328 e. The molecule has 2 fully saturated rings. The summed E-state index contributed by atoms with van der Waals surface area (Å²) in [6.07, 6.45) is 4.20. The van der Waals surface area contributed by atoms with Gasteiger partial charge in [-0.05, 0) is 31.6 Å². The van der Waals surface area contributed by atoms with E-state index in [9.17, 15) is 9.59 Å². The number of ether oxygens (including phenoxy) is 1. The molecule has 1 aliphatic carbocycles. The molecule has 0 aromatic heterocycles. The third kappa shape index (κ3) is 2.77. The van der Waals surface area contributed by atoms with E-state index >= 15 is 0 Å². The highest BCUT2D eigenvalue weighted by Gasteiger charge is 2.37. The average molecular weight is 240 g/mol. The lowest BCUT2D eigenvalue weighted by atomic mass is 10.1. The number of likely N-dealkylation sites (tertiary alicyclic amines) is 1. The quantitative estimate of drug-likeness (QED) is 0.716. The van der Waals surface area contributed by atoms with Crippen LogP contribution in [0.4, 0.5) is 0 Å². The maximum absolute atomic E-state index is 12.1. The normalized spacial score (nSPS) is 25.8. The number of nitrogens with two attached hydrogens (primary N) is 1. The summed E-state index contributed by atoms with van der Waals surface area (Å²) >= 11 is 0. The Bertz CT molecular complexity index is 315. The molecule has 1 amide bonds. The van der Waals surface area contributed by atoms with Crippen molar-refractivity contribution in [3.63, 3.8) is 0 Å². The first kappa shape index (κ1) is 12.4. The molecule has 2 N–H and O–H groups in total. The van der Waals surface area contributed by atoms with E-state index in [1.165, 1.54) is 7.11 Å². The first-order chi connectivity index (χ1) is 8.13. The van der Waals surface area contributed by atoms with Crippen molar-refractivity contribution >= 4 is 11.9 Å². The van der Waals surface area contributed by atoms with E-state index in [4.69, 9.17) is 10.5 Å². The van der Waals surface area contributed by atoms with Crippen molar-refractivity contribution in [3.05, 3.63) is 0 Å². The van der Waals surface area contributed by atoms with Gasteiger partial charge in [-0.15, -0.1) is 0 Å². The molecule has 0 spiro atoms. The fourth-order valence-electron chi connectivity index (χ4n) is 2.46. The van der Waals surface area contributed by atoms with Crippen LogP contribution in [0, 0.1) is 5.92 Å². The number of carbonyl (C=O) groups is 2. The molecule has 0 aromatic carbocycles. The second-order valence-corrected chi connectivity index (χ2v) is 4.97. The molecule has 0 bridgehead atoms. The van der Waals surface area contributed by atoms with Crippen LogP contribution in [0.5, 0.6) is 0 Å². The predicted octanol–water partition coefficient (Wildman–Crippen LogP) is 0.278. The monoisotopic (exact) mass is 240 g/mol. The van der Waals surface area contributed by atoms with Crippen LogP contribution >= 0.6 is 0 Å². The van der Waals surface area contributed by atoms with Crippen molar-refractivity contribution < 1.29 is 14.3 Å². The molecule has 0 aromatic rings.